The van der Waals surface area contributed by atoms with Crippen molar-refractivity contribution in [1.82, 2.24) is 4.98 Å². The summed E-state index contributed by atoms with van der Waals surface area (Å²) in [6.07, 6.45) is 5.37. The van der Waals surface area contributed by atoms with Crippen molar-refractivity contribution < 1.29 is 4.74 Å². The molecule has 2 heterocycles. The third kappa shape index (κ3) is 3.59. The number of hydrogen-bond acceptors (Lipinski definition) is 3. The molecule has 5 heteroatoms. The fourth-order valence-corrected chi connectivity index (χ4v) is 3.08. The number of hydrogen-bond donors (Lipinski definition) is 0. The number of ether oxygens (including phenoxy) is 1. The Morgan fingerprint density at radius 1 is 1.61 bits per heavy atom. The second-order valence-corrected chi connectivity index (χ2v) is 5.83. The molecule has 0 radical (unpaired) electrons. The van der Waals surface area contributed by atoms with E-state index in [1.54, 1.807) is 6.20 Å². The number of rotatable bonds is 4. The van der Waals surface area contributed by atoms with Crippen LogP contribution < -0.4 is 4.90 Å². The van der Waals surface area contributed by atoms with Gasteiger partial charge in [0.2, 0.25) is 0 Å². The van der Waals surface area contributed by atoms with Crippen LogP contribution in [0.1, 0.15) is 26.2 Å². The lowest BCUT2D eigenvalue weighted by atomic mass is 10.1. The van der Waals surface area contributed by atoms with Crippen molar-refractivity contribution in [2.75, 3.05) is 24.6 Å². The standard InChI is InChI=1S/C13H18BrClN2O/c1-2-6-18-11-4-3-5-17(9-11)13-12(14)7-10(15)8-16-13/h7-8,11H,2-6,9H2,1H3. The third-order valence-corrected chi connectivity index (χ3v) is 3.81. The molecule has 18 heavy (non-hydrogen) atoms. The van der Waals surface area contributed by atoms with Crippen LogP contribution in [0.5, 0.6) is 0 Å². The predicted molar refractivity (Wildman–Crippen MR) is 78.4 cm³/mol. The summed E-state index contributed by atoms with van der Waals surface area (Å²) in [6.45, 7) is 4.91. The van der Waals surface area contributed by atoms with E-state index in [2.05, 4.69) is 32.7 Å². The molecule has 0 saturated carbocycles. The normalized spacial score (nSPS) is 20.2. The van der Waals surface area contributed by atoms with Crippen LogP contribution in [-0.2, 0) is 4.74 Å². The molecule has 1 atom stereocenters. The number of aromatic nitrogens is 1. The van der Waals surface area contributed by atoms with Crippen molar-refractivity contribution in [3.63, 3.8) is 0 Å². The Bertz CT molecular complexity index is 403. The molecule has 0 N–H and O–H groups in total. The summed E-state index contributed by atoms with van der Waals surface area (Å²) in [6, 6.07) is 1.89. The van der Waals surface area contributed by atoms with Gasteiger partial charge in [0, 0.05) is 25.9 Å². The molecule has 1 unspecified atom stereocenters. The molecule has 0 bridgehead atoms. The van der Waals surface area contributed by atoms with Crippen LogP contribution in [0.3, 0.4) is 0 Å². The highest BCUT2D eigenvalue weighted by atomic mass is 79.9. The van der Waals surface area contributed by atoms with Gasteiger partial charge in [-0.05, 0) is 41.3 Å². The van der Waals surface area contributed by atoms with Crippen molar-refractivity contribution in [3.05, 3.63) is 21.8 Å². The van der Waals surface area contributed by atoms with Crippen LogP contribution in [0.25, 0.3) is 0 Å². The van der Waals surface area contributed by atoms with Gasteiger partial charge >= 0.3 is 0 Å². The summed E-state index contributed by atoms with van der Waals surface area (Å²) < 4.78 is 6.79. The summed E-state index contributed by atoms with van der Waals surface area (Å²) in [4.78, 5) is 6.68. The zero-order valence-electron chi connectivity index (χ0n) is 10.5. The highest BCUT2D eigenvalue weighted by Gasteiger charge is 2.22. The average molecular weight is 334 g/mol. The van der Waals surface area contributed by atoms with Crippen molar-refractivity contribution in [3.8, 4) is 0 Å². The first kappa shape index (κ1) is 14.1. The maximum atomic E-state index is 5.92. The fourth-order valence-electron chi connectivity index (χ4n) is 2.19. The summed E-state index contributed by atoms with van der Waals surface area (Å²) in [5.41, 5.74) is 0. The Hall–Kier alpha value is -0.320. The molecular formula is C13H18BrClN2O. The highest BCUT2D eigenvalue weighted by molar-refractivity contribution is 9.10. The SMILES string of the molecule is CCCOC1CCCN(c2ncc(Cl)cc2Br)C1. The van der Waals surface area contributed by atoms with E-state index < -0.39 is 0 Å². The van der Waals surface area contributed by atoms with Gasteiger partial charge < -0.3 is 9.64 Å². The van der Waals surface area contributed by atoms with Gasteiger partial charge in [0.25, 0.3) is 0 Å². The van der Waals surface area contributed by atoms with E-state index in [1.165, 1.54) is 0 Å². The van der Waals surface area contributed by atoms with E-state index in [4.69, 9.17) is 16.3 Å². The van der Waals surface area contributed by atoms with Gasteiger partial charge in [0.05, 0.1) is 15.6 Å². The van der Waals surface area contributed by atoms with Crippen LogP contribution >= 0.6 is 27.5 Å². The minimum Gasteiger partial charge on any atom is -0.376 e. The quantitative estimate of drug-likeness (QED) is 0.836. The van der Waals surface area contributed by atoms with E-state index in [-0.39, 0.29) is 0 Å². The smallest absolute Gasteiger partial charge is 0.143 e. The van der Waals surface area contributed by atoms with Gasteiger partial charge in [-0.15, -0.1) is 0 Å². The van der Waals surface area contributed by atoms with E-state index in [0.717, 1.165) is 49.2 Å². The number of anilines is 1. The first-order chi connectivity index (χ1) is 8.70. The molecule has 0 spiro atoms. The first-order valence-corrected chi connectivity index (χ1v) is 7.55. The molecule has 1 aliphatic rings. The molecule has 1 saturated heterocycles. The minimum absolute atomic E-state index is 0.322. The van der Waals surface area contributed by atoms with Crippen LogP contribution in [0, 0.1) is 0 Å². The van der Waals surface area contributed by atoms with Crippen LogP contribution in [0.2, 0.25) is 5.02 Å². The number of nitrogens with zero attached hydrogens (tertiary/aromatic N) is 2. The molecule has 0 amide bonds. The van der Waals surface area contributed by atoms with E-state index in [9.17, 15) is 0 Å². The molecule has 1 fully saturated rings. The number of halogens is 2. The summed E-state index contributed by atoms with van der Waals surface area (Å²) in [5, 5.41) is 0.654. The molecule has 1 aliphatic heterocycles. The maximum absolute atomic E-state index is 5.92. The molecule has 1 aromatic heterocycles. The molecule has 1 aromatic rings. The van der Waals surface area contributed by atoms with E-state index >= 15 is 0 Å². The topological polar surface area (TPSA) is 25.4 Å². The lowest BCUT2D eigenvalue weighted by Crippen LogP contribution is -2.40. The molecule has 0 aromatic carbocycles. The Morgan fingerprint density at radius 2 is 2.44 bits per heavy atom. The van der Waals surface area contributed by atoms with Gasteiger partial charge in [-0.3, -0.25) is 0 Å². The van der Waals surface area contributed by atoms with E-state index in [0.29, 0.717) is 11.1 Å². The minimum atomic E-state index is 0.322. The maximum Gasteiger partial charge on any atom is 0.143 e. The van der Waals surface area contributed by atoms with Gasteiger partial charge in [-0.2, -0.15) is 0 Å². The van der Waals surface area contributed by atoms with Gasteiger partial charge in [0.15, 0.2) is 0 Å². The second kappa shape index (κ2) is 6.73. The largest absolute Gasteiger partial charge is 0.376 e. The van der Waals surface area contributed by atoms with Gasteiger partial charge in [0.1, 0.15) is 5.82 Å². The molecule has 0 aliphatic carbocycles. The second-order valence-electron chi connectivity index (χ2n) is 4.54. The Morgan fingerprint density at radius 3 is 3.17 bits per heavy atom. The first-order valence-electron chi connectivity index (χ1n) is 6.38. The van der Waals surface area contributed by atoms with Crippen molar-refractivity contribution >= 4 is 33.3 Å². The molecule has 3 nitrogen and oxygen atoms in total. The van der Waals surface area contributed by atoms with Crippen LogP contribution in [-0.4, -0.2) is 30.8 Å². The average Bonchev–Trinajstić information content (AvgIpc) is 2.36. The van der Waals surface area contributed by atoms with Gasteiger partial charge in [-0.1, -0.05) is 18.5 Å². The van der Waals surface area contributed by atoms with Crippen molar-refractivity contribution in [2.24, 2.45) is 0 Å². The summed E-state index contributed by atoms with van der Waals surface area (Å²) in [5.74, 6) is 0.962. The third-order valence-electron chi connectivity index (χ3n) is 3.02. The van der Waals surface area contributed by atoms with Gasteiger partial charge in [-0.25, -0.2) is 4.98 Å². The van der Waals surface area contributed by atoms with Crippen molar-refractivity contribution in [1.29, 1.82) is 0 Å². The van der Waals surface area contributed by atoms with Crippen molar-refractivity contribution in [2.45, 2.75) is 32.3 Å². The van der Waals surface area contributed by atoms with Crippen LogP contribution in [0.15, 0.2) is 16.7 Å². The molecular weight excluding hydrogens is 316 g/mol. The Kier molecular flexibility index (Phi) is 5.27. The lowest BCUT2D eigenvalue weighted by Gasteiger charge is -2.34. The highest BCUT2D eigenvalue weighted by Crippen LogP contribution is 2.29. The zero-order valence-corrected chi connectivity index (χ0v) is 12.9. The Balaban J connectivity index is 2.03. The number of pyridine rings is 1. The summed E-state index contributed by atoms with van der Waals surface area (Å²) in [7, 11) is 0. The fraction of sp³-hybridized carbons (Fsp3) is 0.615. The Labute approximate surface area is 122 Å². The van der Waals surface area contributed by atoms with E-state index in [1.807, 2.05) is 6.07 Å². The predicted octanol–water partition coefficient (Wildman–Crippen LogP) is 3.89. The monoisotopic (exact) mass is 332 g/mol. The number of piperidine rings is 1. The van der Waals surface area contributed by atoms with Crippen LogP contribution in [0.4, 0.5) is 5.82 Å². The molecule has 100 valence electrons. The molecule has 2 rings (SSSR count). The summed E-state index contributed by atoms with van der Waals surface area (Å²) >= 11 is 9.44. The lowest BCUT2D eigenvalue weighted by molar-refractivity contribution is 0.0439. The zero-order chi connectivity index (χ0) is 13.0.